The number of halogens is 2. The minimum atomic E-state index is 0. The molecule has 0 saturated carbocycles. The Hall–Kier alpha value is -0.490. The van der Waals surface area contributed by atoms with Crippen molar-refractivity contribution in [1.29, 1.82) is 0 Å². The Balaban J connectivity index is 0.00000147. The molecule has 6 heteroatoms. The van der Waals surface area contributed by atoms with Crippen LogP contribution in [-0.4, -0.2) is 31.3 Å². The lowest BCUT2D eigenvalue weighted by Crippen LogP contribution is -2.31. The molecule has 0 spiro atoms. The van der Waals surface area contributed by atoms with Crippen LogP contribution in [0.4, 0.5) is 0 Å². The summed E-state index contributed by atoms with van der Waals surface area (Å²) in [5.41, 5.74) is 7.37. The van der Waals surface area contributed by atoms with Gasteiger partial charge in [0, 0.05) is 13.1 Å². The summed E-state index contributed by atoms with van der Waals surface area (Å²) < 4.78 is 11.8. The highest BCUT2D eigenvalue weighted by atomic mass is 79.9. The summed E-state index contributed by atoms with van der Waals surface area (Å²) in [4.78, 5) is 2.46. The van der Waals surface area contributed by atoms with Crippen molar-refractivity contribution in [3.8, 4) is 11.5 Å². The van der Waals surface area contributed by atoms with E-state index in [0.717, 1.165) is 42.2 Å². The molecule has 1 aromatic rings. The third kappa shape index (κ3) is 3.06. The van der Waals surface area contributed by atoms with E-state index in [-0.39, 0.29) is 17.8 Å². The van der Waals surface area contributed by atoms with Crippen molar-refractivity contribution in [1.82, 2.24) is 4.90 Å². The zero-order valence-corrected chi connectivity index (χ0v) is 13.9. The first-order valence-corrected chi connectivity index (χ1v) is 7.39. The molecular formula is C14H20BrClN2O2. The lowest BCUT2D eigenvalue weighted by atomic mass is 9.90. The lowest BCUT2D eigenvalue weighted by Gasteiger charge is -2.22. The van der Waals surface area contributed by atoms with Crippen LogP contribution in [-0.2, 0) is 6.54 Å². The molecule has 0 amide bonds. The van der Waals surface area contributed by atoms with Crippen molar-refractivity contribution in [3.05, 3.63) is 22.2 Å². The molecule has 4 nitrogen and oxygen atoms in total. The van der Waals surface area contributed by atoms with Gasteiger partial charge in [-0.1, -0.05) is 6.92 Å². The van der Waals surface area contributed by atoms with Gasteiger partial charge >= 0.3 is 0 Å². The predicted octanol–water partition coefficient (Wildman–Crippen LogP) is 2.77. The Morgan fingerprint density at radius 3 is 2.90 bits per heavy atom. The molecule has 20 heavy (non-hydrogen) atoms. The van der Waals surface area contributed by atoms with Gasteiger partial charge in [-0.2, -0.15) is 0 Å². The zero-order valence-electron chi connectivity index (χ0n) is 11.5. The monoisotopic (exact) mass is 362 g/mol. The molecule has 2 aliphatic rings. The summed E-state index contributed by atoms with van der Waals surface area (Å²) in [7, 11) is 0. The Morgan fingerprint density at radius 2 is 2.20 bits per heavy atom. The average molecular weight is 364 g/mol. The normalized spacial score (nSPS) is 24.8. The molecule has 1 unspecified atom stereocenters. The van der Waals surface area contributed by atoms with Gasteiger partial charge in [-0.05, 0) is 58.6 Å². The molecule has 0 aromatic heterocycles. The van der Waals surface area contributed by atoms with Crippen LogP contribution < -0.4 is 15.2 Å². The van der Waals surface area contributed by atoms with Crippen molar-refractivity contribution in [3.63, 3.8) is 0 Å². The second kappa shape index (κ2) is 6.10. The third-order valence-electron chi connectivity index (χ3n) is 4.02. The van der Waals surface area contributed by atoms with E-state index in [2.05, 4.69) is 39.9 Å². The number of hydrogen-bond donors (Lipinski definition) is 1. The van der Waals surface area contributed by atoms with E-state index in [1.165, 1.54) is 12.0 Å². The topological polar surface area (TPSA) is 47.7 Å². The molecule has 112 valence electrons. The second-order valence-corrected chi connectivity index (χ2v) is 6.64. The fraction of sp³-hybridized carbons (Fsp3) is 0.571. The first kappa shape index (κ1) is 15.9. The average Bonchev–Trinajstić information content (AvgIpc) is 2.97. The van der Waals surface area contributed by atoms with Crippen molar-refractivity contribution in [2.24, 2.45) is 11.1 Å². The van der Waals surface area contributed by atoms with Crippen molar-refractivity contribution < 1.29 is 9.47 Å². The van der Waals surface area contributed by atoms with Gasteiger partial charge in [0.2, 0.25) is 6.79 Å². The van der Waals surface area contributed by atoms with E-state index in [9.17, 15) is 0 Å². The number of fused-ring (bicyclic) bond motifs is 1. The molecule has 0 bridgehead atoms. The first-order valence-electron chi connectivity index (χ1n) is 6.60. The molecule has 2 heterocycles. The zero-order chi connectivity index (χ0) is 13.5. The van der Waals surface area contributed by atoms with Crippen molar-refractivity contribution in [2.45, 2.75) is 19.9 Å². The molecule has 1 aromatic carbocycles. The van der Waals surface area contributed by atoms with Gasteiger partial charge < -0.3 is 15.2 Å². The van der Waals surface area contributed by atoms with Gasteiger partial charge in [-0.3, -0.25) is 4.90 Å². The summed E-state index contributed by atoms with van der Waals surface area (Å²) in [6.45, 7) is 6.45. The van der Waals surface area contributed by atoms with Crippen LogP contribution in [0.1, 0.15) is 18.9 Å². The molecule has 3 rings (SSSR count). The van der Waals surface area contributed by atoms with E-state index < -0.39 is 0 Å². The molecule has 0 radical (unpaired) electrons. The minimum Gasteiger partial charge on any atom is -0.454 e. The second-order valence-electron chi connectivity index (χ2n) is 5.79. The van der Waals surface area contributed by atoms with Crippen LogP contribution in [0.3, 0.4) is 0 Å². The van der Waals surface area contributed by atoms with Crippen molar-refractivity contribution >= 4 is 28.3 Å². The maximum atomic E-state index is 5.85. The Bertz CT molecular complexity index is 500. The van der Waals surface area contributed by atoms with Gasteiger partial charge in [-0.25, -0.2) is 0 Å². The highest BCUT2D eigenvalue weighted by Crippen LogP contribution is 2.40. The Morgan fingerprint density at radius 1 is 1.40 bits per heavy atom. The minimum absolute atomic E-state index is 0. The number of benzene rings is 1. The SMILES string of the molecule is CC1(CN)CCN(Cc2cc(Br)c3c(c2)OCO3)C1.Cl. The van der Waals surface area contributed by atoms with Crippen LogP contribution >= 0.6 is 28.3 Å². The molecule has 1 saturated heterocycles. The number of ether oxygens (including phenoxy) is 2. The Labute approximate surface area is 134 Å². The predicted molar refractivity (Wildman–Crippen MR) is 84.6 cm³/mol. The van der Waals surface area contributed by atoms with Gasteiger partial charge in [0.05, 0.1) is 4.47 Å². The number of likely N-dealkylation sites (tertiary alicyclic amines) is 1. The largest absolute Gasteiger partial charge is 0.454 e. The number of nitrogens with zero attached hydrogens (tertiary/aromatic N) is 1. The summed E-state index contributed by atoms with van der Waals surface area (Å²) in [5.74, 6) is 1.65. The lowest BCUT2D eigenvalue weighted by molar-refractivity contribution is 0.173. The molecule has 0 aliphatic carbocycles. The third-order valence-corrected chi connectivity index (χ3v) is 4.61. The molecule has 2 aliphatic heterocycles. The summed E-state index contributed by atoms with van der Waals surface area (Å²) in [6, 6.07) is 4.19. The summed E-state index contributed by atoms with van der Waals surface area (Å²) in [6.07, 6.45) is 1.18. The quantitative estimate of drug-likeness (QED) is 0.897. The van der Waals surface area contributed by atoms with E-state index >= 15 is 0 Å². The van der Waals surface area contributed by atoms with E-state index in [4.69, 9.17) is 15.2 Å². The molecule has 2 N–H and O–H groups in total. The summed E-state index contributed by atoms with van der Waals surface area (Å²) in [5, 5.41) is 0. The molecular weight excluding hydrogens is 344 g/mol. The van der Waals surface area contributed by atoms with Gasteiger partial charge in [0.15, 0.2) is 11.5 Å². The number of rotatable bonds is 3. The number of hydrogen-bond acceptors (Lipinski definition) is 4. The van der Waals surface area contributed by atoms with Crippen LogP contribution in [0.2, 0.25) is 0 Å². The molecule has 1 fully saturated rings. The van der Waals surface area contributed by atoms with Crippen LogP contribution in [0.5, 0.6) is 11.5 Å². The van der Waals surface area contributed by atoms with E-state index in [1.807, 2.05) is 0 Å². The van der Waals surface area contributed by atoms with E-state index in [1.54, 1.807) is 0 Å². The Kier molecular flexibility index (Phi) is 4.84. The van der Waals surface area contributed by atoms with Crippen LogP contribution in [0, 0.1) is 5.41 Å². The smallest absolute Gasteiger partial charge is 0.231 e. The standard InChI is InChI=1S/C14H19BrN2O2.ClH/c1-14(7-16)2-3-17(8-14)6-10-4-11(15)13-12(5-10)18-9-19-13;/h4-5H,2-3,6-9,16H2,1H3;1H. The van der Waals surface area contributed by atoms with E-state index in [0.29, 0.717) is 6.79 Å². The number of nitrogens with two attached hydrogens (primary N) is 1. The van der Waals surface area contributed by atoms with Gasteiger partial charge in [-0.15, -0.1) is 12.4 Å². The maximum Gasteiger partial charge on any atom is 0.231 e. The fourth-order valence-electron chi connectivity index (χ4n) is 2.80. The van der Waals surface area contributed by atoms with Crippen molar-refractivity contribution in [2.75, 3.05) is 26.4 Å². The maximum absolute atomic E-state index is 5.85. The highest BCUT2D eigenvalue weighted by molar-refractivity contribution is 9.10. The highest BCUT2D eigenvalue weighted by Gasteiger charge is 2.32. The van der Waals surface area contributed by atoms with Crippen LogP contribution in [0.15, 0.2) is 16.6 Å². The van der Waals surface area contributed by atoms with Gasteiger partial charge in [0.1, 0.15) is 0 Å². The van der Waals surface area contributed by atoms with Crippen LogP contribution in [0.25, 0.3) is 0 Å². The molecule has 1 atom stereocenters. The first-order chi connectivity index (χ1) is 9.09. The van der Waals surface area contributed by atoms with Gasteiger partial charge in [0.25, 0.3) is 0 Å². The summed E-state index contributed by atoms with van der Waals surface area (Å²) >= 11 is 3.54. The fourth-order valence-corrected chi connectivity index (χ4v) is 3.40.